The Morgan fingerprint density at radius 2 is 2.06 bits per heavy atom. The molecule has 0 saturated heterocycles. The third-order valence-electron chi connectivity index (χ3n) is 2.33. The Bertz CT molecular complexity index is 558. The minimum absolute atomic E-state index is 0.140. The molecule has 1 unspecified atom stereocenters. The van der Waals surface area contributed by atoms with Crippen molar-refractivity contribution in [2.45, 2.75) is 13.0 Å². The van der Waals surface area contributed by atoms with Gasteiger partial charge in [-0.2, -0.15) is 0 Å². The zero-order valence-corrected chi connectivity index (χ0v) is 10.3. The van der Waals surface area contributed by atoms with Crippen LogP contribution in [0.4, 0.5) is 8.78 Å². The van der Waals surface area contributed by atoms with E-state index in [0.717, 1.165) is 11.3 Å². The Hall–Kier alpha value is -1.04. The largest absolute Gasteiger partial charge is 0.381 e. The normalized spacial score (nSPS) is 12.8. The van der Waals surface area contributed by atoms with E-state index in [1.165, 1.54) is 25.3 Å². The van der Waals surface area contributed by atoms with Crippen LogP contribution in [-0.4, -0.2) is 10.1 Å². The van der Waals surface area contributed by atoms with E-state index in [1.807, 2.05) is 0 Å². The van der Waals surface area contributed by atoms with E-state index in [9.17, 15) is 13.9 Å². The van der Waals surface area contributed by atoms with Crippen molar-refractivity contribution in [1.82, 2.24) is 4.98 Å². The monoisotopic (exact) mass is 275 g/mol. The van der Waals surface area contributed by atoms with Crippen LogP contribution in [0.1, 0.15) is 22.2 Å². The van der Waals surface area contributed by atoms with E-state index in [4.69, 9.17) is 11.6 Å². The fourth-order valence-electron chi connectivity index (χ4n) is 1.40. The van der Waals surface area contributed by atoms with Gasteiger partial charge >= 0.3 is 0 Å². The van der Waals surface area contributed by atoms with Crippen molar-refractivity contribution in [2.24, 2.45) is 0 Å². The van der Waals surface area contributed by atoms with E-state index in [1.54, 1.807) is 0 Å². The van der Waals surface area contributed by atoms with Gasteiger partial charge in [-0.1, -0.05) is 23.7 Å². The van der Waals surface area contributed by atoms with E-state index in [-0.39, 0.29) is 16.1 Å². The van der Waals surface area contributed by atoms with Crippen LogP contribution in [0.25, 0.3) is 0 Å². The smallest absolute Gasteiger partial charge is 0.165 e. The summed E-state index contributed by atoms with van der Waals surface area (Å²) in [6.07, 6.45) is 0.0512. The van der Waals surface area contributed by atoms with Crippen LogP contribution in [-0.2, 0) is 0 Å². The molecule has 0 saturated carbocycles. The fraction of sp³-hybridized carbons (Fsp3) is 0.182. The maximum atomic E-state index is 13.6. The molecule has 0 bridgehead atoms. The predicted molar refractivity (Wildman–Crippen MR) is 62.3 cm³/mol. The second-order valence-corrected chi connectivity index (χ2v) is 5.20. The van der Waals surface area contributed by atoms with Crippen LogP contribution in [0.2, 0.25) is 4.34 Å². The van der Waals surface area contributed by atoms with Gasteiger partial charge in [-0.15, -0.1) is 11.3 Å². The van der Waals surface area contributed by atoms with Gasteiger partial charge in [-0.05, 0) is 12.5 Å². The summed E-state index contributed by atoms with van der Waals surface area (Å²) >= 11 is 6.69. The molecule has 90 valence electrons. The molecule has 1 aromatic carbocycles. The summed E-state index contributed by atoms with van der Waals surface area (Å²) < 4.78 is 27.3. The summed E-state index contributed by atoms with van der Waals surface area (Å²) in [5.74, 6) is -2.01. The summed E-state index contributed by atoms with van der Waals surface area (Å²) in [6, 6.07) is 2.75. The van der Waals surface area contributed by atoms with Crippen LogP contribution < -0.4 is 0 Å². The molecule has 0 fully saturated rings. The van der Waals surface area contributed by atoms with Crippen LogP contribution in [0, 0.1) is 18.6 Å². The molecule has 1 heterocycles. The molecule has 0 radical (unpaired) electrons. The molecule has 0 spiro atoms. The van der Waals surface area contributed by atoms with Crippen molar-refractivity contribution < 1.29 is 13.9 Å². The van der Waals surface area contributed by atoms with Gasteiger partial charge in [0.2, 0.25) is 0 Å². The van der Waals surface area contributed by atoms with Crippen LogP contribution in [0.5, 0.6) is 0 Å². The standard InChI is InChI=1S/C11H8ClF2NOS/c1-5-2-3-6(9(14)8(5)13)10(16)11-15-4-7(12)17-11/h2-4,10,16H,1H3. The van der Waals surface area contributed by atoms with Crippen molar-refractivity contribution in [3.05, 3.63) is 50.4 Å². The van der Waals surface area contributed by atoms with Crippen molar-refractivity contribution >= 4 is 22.9 Å². The molecule has 0 amide bonds. The number of rotatable bonds is 2. The lowest BCUT2D eigenvalue weighted by Gasteiger charge is -2.10. The number of hydrogen-bond donors (Lipinski definition) is 1. The first-order valence-electron chi connectivity index (χ1n) is 4.74. The molecule has 2 nitrogen and oxygen atoms in total. The lowest BCUT2D eigenvalue weighted by atomic mass is 10.1. The second kappa shape index (κ2) is 4.68. The highest BCUT2D eigenvalue weighted by molar-refractivity contribution is 7.15. The summed E-state index contributed by atoms with van der Waals surface area (Å²) in [7, 11) is 0. The molecule has 2 rings (SSSR count). The Morgan fingerprint density at radius 1 is 1.35 bits per heavy atom. The highest BCUT2D eigenvalue weighted by atomic mass is 35.5. The lowest BCUT2D eigenvalue weighted by Crippen LogP contribution is -2.04. The molecule has 1 N–H and O–H groups in total. The first-order chi connectivity index (χ1) is 8.00. The maximum absolute atomic E-state index is 13.6. The van der Waals surface area contributed by atoms with Crippen LogP contribution in [0.3, 0.4) is 0 Å². The van der Waals surface area contributed by atoms with Crippen molar-refractivity contribution in [3.8, 4) is 0 Å². The summed E-state index contributed by atoms with van der Waals surface area (Å²) in [6.45, 7) is 1.45. The minimum Gasteiger partial charge on any atom is -0.381 e. The third-order valence-corrected chi connectivity index (χ3v) is 3.50. The van der Waals surface area contributed by atoms with Crippen LogP contribution >= 0.6 is 22.9 Å². The van der Waals surface area contributed by atoms with Gasteiger partial charge in [0.15, 0.2) is 11.6 Å². The van der Waals surface area contributed by atoms with Gasteiger partial charge in [-0.3, -0.25) is 0 Å². The maximum Gasteiger partial charge on any atom is 0.165 e. The topological polar surface area (TPSA) is 33.1 Å². The number of aliphatic hydroxyl groups is 1. The number of halogens is 3. The van der Waals surface area contributed by atoms with Crippen LogP contribution in [0.15, 0.2) is 18.3 Å². The predicted octanol–water partition coefficient (Wildman–Crippen LogP) is 3.46. The number of benzene rings is 1. The van der Waals surface area contributed by atoms with Gasteiger partial charge in [-0.25, -0.2) is 13.8 Å². The SMILES string of the molecule is Cc1ccc(C(O)c2ncc(Cl)s2)c(F)c1F. The molecule has 0 aliphatic carbocycles. The number of nitrogens with zero attached hydrogens (tertiary/aromatic N) is 1. The molecule has 17 heavy (non-hydrogen) atoms. The molecule has 6 heteroatoms. The number of aryl methyl sites for hydroxylation is 1. The van der Waals surface area contributed by atoms with E-state index < -0.39 is 17.7 Å². The summed E-state index contributed by atoms with van der Waals surface area (Å²) in [5.41, 5.74) is 0.0507. The Labute approximate surface area is 106 Å². The van der Waals surface area contributed by atoms with Gasteiger partial charge < -0.3 is 5.11 Å². The van der Waals surface area contributed by atoms with Gasteiger partial charge in [0.1, 0.15) is 15.4 Å². The number of aliphatic hydroxyl groups excluding tert-OH is 1. The summed E-state index contributed by atoms with van der Waals surface area (Å²) in [4.78, 5) is 3.83. The second-order valence-electron chi connectivity index (χ2n) is 3.50. The average Bonchev–Trinajstić information content (AvgIpc) is 2.72. The number of hydrogen-bond acceptors (Lipinski definition) is 3. The van der Waals surface area contributed by atoms with Gasteiger partial charge in [0, 0.05) is 5.56 Å². The Morgan fingerprint density at radius 3 is 2.65 bits per heavy atom. The van der Waals surface area contributed by atoms with Crippen molar-refractivity contribution in [3.63, 3.8) is 0 Å². The molecular formula is C11H8ClF2NOS. The fourth-order valence-corrected chi connectivity index (χ4v) is 2.33. The van der Waals surface area contributed by atoms with Gasteiger partial charge in [0.05, 0.1) is 6.20 Å². The third kappa shape index (κ3) is 2.31. The average molecular weight is 276 g/mol. The lowest BCUT2D eigenvalue weighted by molar-refractivity contribution is 0.212. The Balaban J connectivity index is 2.44. The Kier molecular flexibility index (Phi) is 3.42. The molecule has 1 atom stereocenters. The van der Waals surface area contributed by atoms with E-state index in [2.05, 4.69) is 4.98 Å². The zero-order valence-electron chi connectivity index (χ0n) is 8.75. The highest BCUT2D eigenvalue weighted by Gasteiger charge is 2.21. The molecule has 0 aliphatic heterocycles. The molecular weight excluding hydrogens is 268 g/mol. The molecule has 0 aliphatic rings. The quantitative estimate of drug-likeness (QED) is 0.910. The van der Waals surface area contributed by atoms with E-state index in [0.29, 0.717) is 4.34 Å². The zero-order chi connectivity index (χ0) is 12.6. The first-order valence-corrected chi connectivity index (χ1v) is 5.94. The molecule has 2 aromatic rings. The summed E-state index contributed by atoms with van der Waals surface area (Å²) in [5, 5.41) is 10.1. The van der Waals surface area contributed by atoms with Crippen molar-refractivity contribution in [1.29, 1.82) is 0 Å². The number of thiazole rings is 1. The van der Waals surface area contributed by atoms with E-state index >= 15 is 0 Å². The first kappa shape index (κ1) is 12.4. The van der Waals surface area contributed by atoms with Gasteiger partial charge in [0.25, 0.3) is 0 Å². The van der Waals surface area contributed by atoms with Crippen molar-refractivity contribution in [2.75, 3.05) is 0 Å². The highest BCUT2D eigenvalue weighted by Crippen LogP contribution is 2.30. The number of aromatic nitrogens is 1. The molecule has 1 aromatic heterocycles. The minimum atomic E-state index is -1.30.